The van der Waals surface area contributed by atoms with Crippen molar-refractivity contribution in [2.75, 3.05) is 20.2 Å². The van der Waals surface area contributed by atoms with Gasteiger partial charge in [-0.3, -0.25) is 0 Å². The average molecular weight is 212 g/mol. The summed E-state index contributed by atoms with van der Waals surface area (Å²) in [6.45, 7) is 1.89. The minimum absolute atomic E-state index is 0.281. The lowest BCUT2D eigenvalue weighted by Crippen LogP contribution is -2.10. The van der Waals surface area contributed by atoms with E-state index in [9.17, 15) is 0 Å². The summed E-state index contributed by atoms with van der Waals surface area (Å²) in [6.07, 6.45) is 3.61. The molecule has 1 aromatic heterocycles. The van der Waals surface area contributed by atoms with Crippen LogP contribution >= 0.6 is 11.3 Å². The Kier molecular flexibility index (Phi) is 3.50. The molecule has 0 radical (unpaired) electrons. The molecule has 1 unspecified atom stereocenters. The van der Waals surface area contributed by atoms with Gasteiger partial charge in [-0.05, 0) is 19.9 Å². The monoisotopic (exact) mass is 212 g/mol. The van der Waals surface area contributed by atoms with E-state index in [0.29, 0.717) is 0 Å². The fraction of sp³-hybridized carbons (Fsp3) is 0.700. The van der Waals surface area contributed by atoms with Crippen LogP contribution in [0.2, 0.25) is 0 Å². The maximum atomic E-state index is 5.59. The highest BCUT2D eigenvalue weighted by Gasteiger charge is 2.20. The van der Waals surface area contributed by atoms with Crippen LogP contribution in [0, 0.1) is 0 Å². The zero-order valence-electron chi connectivity index (χ0n) is 8.45. The summed E-state index contributed by atoms with van der Waals surface area (Å²) in [5, 5.41) is 6.44. The predicted octanol–water partition coefficient (Wildman–Crippen LogP) is 1.76. The molecule has 0 spiro atoms. The van der Waals surface area contributed by atoms with Gasteiger partial charge in [0.05, 0.1) is 5.69 Å². The first-order valence-corrected chi connectivity index (χ1v) is 5.98. The van der Waals surface area contributed by atoms with Gasteiger partial charge < -0.3 is 10.1 Å². The van der Waals surface area contributed by atoms with Crippen LogP contribution in [0.5, 0.6) is 0 Å². The summed E-state index contributed by atoms with van der Waals surface area (Å²) in [5.41, 5.74) is 1.19. The number of hydrogen-bond acceptors (Lipinski definition) is 4. The van der Waals surface area contributed by atoms with Crippen LogP contribution in [0.1, 0.15) is 29.6 Å². The van der Waals surface area contributed by atoms with E-state index in [1.807, 2.05) is 7.05 Å². The second-order valence-electron chi connectivity index (χ2n) is 3.53. The zero-order chi connectivity index (χ0) is 9.80. The number of likely N-dealkylation sites (N-methyl/N-ethyl adjacent to an activating group) is 1. The van der Waals surface area contributed by atoms with Crippen LogP contribution in [0.4, 0.5) is 0 Å². The van der Waals surface area contributed by atoms with E-state index >= 15 is 0 Å². The van der Waals surface area contributed by atoms with Crippen LogP contribution in [0.3, 0.4) is 0 Å². The smallest absolute Gasteiger partial charge is 0.122 e. The molecule has 0 bridgehead atoms. The molecule has 1 N–H and O–H groups in total. The molecule has 3 nitrogen and oxygen atoms in total. The van der Waals surface area contributed by atoms with Crippen molar-refractivity contribution in [3.8, 4) is 0 Å². The van der Waals surface area contributed by atoms with Crippen molar-refractivity contribution >= 4 is 11.3 Å². The zero-order valence-corrected chi connectivity index (χ0v) is 9.27. The fourth-order valence-corrected chi connectivity index (χ4v) is 2.55. The molecule has 0 aliphatic carbocycles. The first-order chi connectivity index (χ1) is 6.90. The van der Waals surface area contributed by atoms with E-state index in [1.54, 1.807) is 11.3 Å². The third-order valence-electron chi connectivity index (χ3n) is 2.41. The van der Waals surface area contributed by atoms with Crippen molar-refractivity contribution in [3.63, 3.8) is 0 Å². The predicted molar refractivity (Wildman–Crippen MR) is 57.7 cm³/mol. The third-order valence-corrected chi connectivity index (χ3v) is 3.39. The van der Waals surface area contributed by atoms with E-state index < -0.39 is 0 Å². The van der Waals surface area contributed by atoms with Gasteiger partial charge in [0.1, 0.15) is 11.1 Å². The number of aromatic nitrogens is 1. The summed E-state index contributed by atoms with van der Waals surface area (Å²) >= 11 is 1.73. The maximum Gasteiger partial charge on any atom is 0.122 e. The standard InChI is InChI=1S/C10H16N2OS/c1-11-5-4-8-7-14-10(12-8)9-3-2-6-13-9/h7,9,11H,2-6H2,1H3. The van der Waals surface area contributed by atoms with Crippen molar-refractivity contribution in [3.05, 3.63) is 16.1 Å². The first kappa shape index (κ1) is 10.1. The average Bonchev–Trinajstić information content (AvgIpc) is 2.85. The number of ether oxygens (including phenoxy) is 1. The summed E-state index contributed by atoms with van der Waals surface area (Å²) in [6, 6.07) is 0. The second kappa shape index (κ2) is 4.87. The van der Waals surface area contributed by atoms with E-state index in [0.717, 1.165) is 31.0 Å². The largest absolute Gasteiger partial charge is 0.371 e. The normalized spacial score (nSPS) is 21.6. The second-order valence-corrected chi connectivity index (χ2v) is 4.42. The first-order valence-electron chi connectivity index (χ1n) is 5.10. The molecule has 1 aromatic rings. The van der Waals surface area contributed by atoms with Crippen molar-refractivity contribution in [2.24, 2.45) is 0 Å². The summed E-state index contributed by atoms with van der Waals surface area (Å²) < 4.78 is 5.59. The summed E-state index contributed by atoms with van der Waals surface area (Å²) in [5.74, 6) is 0. The number of rotatable bonds is 4. The topological polar surface area (TPSA) is 34.1 Å². The minimum Gasteiger partial charge on any atom is -0.371 e. The molecule has 0 aromatic carbocycles. The Bertz CT molecular complexity index is 281. The van der Waals surface area contributed by atoms with Gasteiger partial charge in [-0.15, -0.1) is 11.3 Å². The van der Waals surface area contributed by atoms with E-state index in [2.05, 4.69) is 15.7 Å². The highest BCUT2D eigenvalue weighted by molar-refractivity contribution is 7.09. The van der Waals surface area contributed by atoms with Gasteiger partial charge in [0.2, 0.25) is 0 Å². The van der Waals surface area contributed by atoms with Gasteiger partial charge in [-0.25, -0.2) is 4.98 Å². The van der Waals surface area contributed by atoms with Gasteiger partial charge in [0, 0.05) is 25.0 Å². The van der Waals surface area contributed by atoms with Gasteiger partial charge in [-0.2, -0.15) is 0 Å². The molecule has 0 saturated carbocycles. The lowest BCUT2D eigenvalue weighted by Gasteiger charge is -2.03. The molecule has 1 fully saturated rings. The molecule has 0 amide bonds. The molecule has 78 valence electrons. The summed E-state index contributed by atoms with van der Waals surface area (Å²) in [7, 11) is 1.97. The molecular formula is C10H16N2OS. The molecule has 1 atom stereocenters. The Labute approximate surface area is 88.5 Å². The third kappa shape index (κ3) is 2.32. The Hall–Kier alpha value is -0.450. The van der Waals surface area contributed by atoms with Gasteiger partial charge in [0.25, 0.3) is 0 Å². The van der Waals surface area contributed by atoms with Crippen LogP contribution < -0.4 is 5.32 Å². The molecule has 14 heavy (non-hydrogen) atoms. The molecule has 1 saturated heterocycles. The summed E-state index contributed by atoms with van der Waals surface area (Å²) in [4.78, 5) is 4.58. The highest BCUT2D eigenvalue weighted by Crippen LogP contribution is 2.30. The number of hydrogen-bond donors (Lipinski definition) is 1. The number of nitrogens with zero attached hydrogens (tertiary/aromatic N) is 1. The molecule has 4 heteroatoms. The lowest BCUT2D eigenvalue weighted by atomic mass is 10.2. The number of thiazole rings is 1. The van der Waals surface area contributed by atoms with Crippen molar-refractivity contribution in [1.82, 2.24) is 10.3 Å². The number of nitrogens with one attached hydrogen (secondary N) is 1. The van der Waals surface area contributed by atoms with Crippen molar-refractivity contribution in [1.29, 1.82) is 0 Å². The van der Waals surface area contributed by atoms with Crippen LogP contribution in [-0.2, 0) is 11.2 Å². The van der Waals surface area contributed by atoms with Gasteiger partial charge in [0.15, 0.2) is 0 Å². The lowest BCUT2D eigenvalue weighted by molar-refractivity contribution is 0.111. The Balaban J connectivity index is 1.94. The van der Waals surface area contributed by atoms with Crippen LogP contribution in [0.15, 0.2) is 5.38 Å². The van der Waals surface area contributed by atoms with E-state index in [-0.39, 0.29) is 6.10 Å². The molecule has 1 aliphatic rings. The van der Waals surface area contributed by atoms with E-state index in [1.165, 1.54) is 12.1 Å². The van der Waals surface area contributed by atoms with Crippen LogP contribution in [-0.4, -0.2) is 25.2 Å². The molecule has 1 aliphatic heterocycles. The van der Waals surface area contributed by atoms with E-state index in [4.69, 9.17) is 4.74 Å². The van der Waals surface area contributed by atoms with Crippen molar-refractivity contribution in [2.45, 2.75) is 25.4 Å². The molecular weight excluding hydrogens is 196 g/mol. The Morgan fingerprint density at radius 2 is 2.64 bits per heavy atom. The fourth-order valence-electron chi connectivity index (χ4n) is 1.61. The Morgan fingerprint density at radius 1 is 1.71 bits per heavy atom. The highest BCUT2D eigenvalue weighted by atomic mass is 32.1. The molecule has 2 rings (SSSR count). The van der Waals surface area contributed by atoms with Crippen molar-refractivity contribution < 1.29 is 4.74 Å². The van der Waals surface area contributed by atoms with Gasteiger partial charge in [-0.1, -0.05) is 0 Å². The minimum atomic E-state index is 0.281. The van der Waals surface area contributed by atoms with Crippen LogP contribution in [0.25, 0.3) is 0 Å². The Morgan fingerprint density at radius 3 is 3.36 bits per heavy atom. The maximum absolute atomic E-state index is 5.59. The quantitative estimate of drug-likeness (QED) is 0.825. The SMILES string of the molecule is CNCCc1csc(C2CCCO2)n1. The van der Waals surface area contributed by atoms with Gasteiger partial charge >= 0.3 is 0 Å². The molecule has 2 heterocycles.